The van der Waals surface area contributed by atoms with Crippen LogP contribution in [0.25, 0.3) is 0 Å². The van der Waals surface area contributed by atoms with Gasteiger partial charge in [0.05, 0.1) is 0 Å². The molecule has 1 aromatic carbocycles. The fourth-order valence-corrected chi connectivity index (χ4v) is 2.62. The first-order valence-electron chi connectivity index (χ1n) is 7.27. The number of anilines is 1. The first-order valence-corrected chi connectivity index (χ1v) is 7.27. The van der Waals surface area contributed by atoms with E-state index >= 15 is 0 Å². The van der Waals surface area contributed by atoms with Gasteiger partial charge in [0, 0.05) is 30.9 Å². The molecular weight excluding hydrogens is 236 g/mol. The number of hydrogen-bond donors (Lipinski definition) is 1. The van der Waals surface area contributed by atoms with Gasteiger partial charge in [-0.2, -0.15) is 0 Å². The molecule has 19 heavy (non-hydrogen) atoms. The van der Waals surface area contributed by atoms with Crippen LogP contribution in [0.4, 0.5) is 5.69 Å². The normalized spacial score (nSPS) is 15.3. The predicted octanol–water partition coefficient (Wildman–Crippen LogP) is 3.31. The highest BCUT2D eigenvalue weighted by Crippen LogP contribution is 2.23. The highest BCUT2D eigenvalue weighted by atomic mass is 16.2. The molecule has 0 aliphatic carbocycles. The fourth-order valence-electron chi connectivity index (χ4n) is 2.62. The second-order valence-corrected chi connectivity index (χ2v) is 5.46. The van der Waals surface area contributed by atoms with Crippen LogP contribution >= 0.6 is 0 Å². The summed E-state index contributed by atoms with van der Waals surface area (Å²) in [6.07, 6.45) is 4.37. The van der Waals surface area contributed by atoms with Crippen LogP contribution in [0.2, 0.25) is 0 Å². The van der Waals surface area contributed by atoms with E-state index in [9.17, 15) is 4.79 Å². The minimum Gasteiger partial charge on any atom is -0.385 e. The molecule has 3 nitrogen and oxygen atoms in total. The zero-order valence-corrected chi connectivity index (χ0v) is 12.2. The molecule has 0 radical (unpaired) electrons. The van der Waals surface area contributed by atoms with Crippen LogP contribution in [0.3, 0.4) is 0 Å². The molecule has 1 aromatic rings. The fraction of sp³-hybridized carbons (Fsp3) is 0.562. The van der Waals surface area contributed by atoms with Crippen LogP contribution in [-0.2, 0) is 6.42 Å². The topological polar surface area (TPSA) is 32.3 Å². The van der Waals surface area contributed by atoms with Crippen molar-refractivity contribution in [1.29, 1.82) is 0 Å². The summed E-state index contributed by atoms with van der Waals surface area (Å²) in [6.45, 7) is 5.30. The number of carbonyl (C=O) groups is 1. The van der Waals surface area contributed by atoms with Gasteiger partial charge in [0.25, 0.3) is 5.91 Å². The van der Waals surface area contributed by atoms with Crippen molar-refractivity contribution in [3.8, 4) is 0 Å². The largest absolute Gasteiger partial charge is 0.385 e. The molecule has 1 amide bonds. The number of amides is 1. The van der Waals surface area contributed by atoms with E-state index in [0.717, 1.165) is 37.8 Å². The maximum atomic E-state index is 12.5. The Kier molecular flexibility index (Phi) is 4.46. The van der Waals surface area contributed by atoms with Crippen LogP contribution in [0.1, 0.15) is 49.0 Å². The van der Waals surface area contributed by atoms with E-state index in [1.54, 1.807) is 0 Å². The molecule has 1 aliphatic heterocycles. The summed E-state index contributed by atoms with van der Waals surface area (Å²) in [4.78, 5) is 14.3. The van der Waals surface area contributed by atoms with Gasteiger partial charge in [-0.3, -0.25) is 4.79 Å². The zero-order chi connectivity index (χ0) is 13.8. The van der Waals surface area contributed by atoms with E-state index in [1.165, 1.54) is 11.3 Å². The molecule has 1 N–H and O–H groups in total. The summed E-state index contributed by atoms with van der Waals surface area (Å²) in [6, 6.07) is 6.33. The molecule has 1 unspecified atom stereocenters. The van der Waals surface area contributed by atoms with Crippen molar-refractivity contribution < 1.29 is 4.79 Å². The van der Waals surface area contributed by atoms with Gasteiger partial charge in [-0.05, 0) is 49.9 Å². The third-order valence-electron chi connectivity index (χ3n) is 3.98. The summed E-state index contributed by atoms with van der Waals surface area (Å²) in [5.74, 6) is 0.134. The second kappa shape index (κ2) is 6.09. The van der Waals surface area contributed by atoms with E-state index in [4.69, 9.17) is 0 Å². The summed E-state index contributed by atoms with van der Waals surface area (Å²) >= 11 is 0. The Labute approximate surface area is 116 Å². The van der Waals surface area contributed by atoms with Crippen molar-refractivity contribution in [2.24, 2.45) is 0 Å². The van der Waals surface area contributed by atoms with Crippen LogP contribution in [0.5, 0.6) is 0 Å². The van der Waals surface area contributed by atoms with E-state index in [2.05, 4.69) is 25.2 Å². The Morgan fingerprint density at radius 2 is 2.26 bits per heavy atom. The van der Waals surface area contributed by atoms with Crippen molar-refractivity contribution in [2.75, 3.05) is 18.9 Å². The van der Waals surface area contributed by atoms with Crippen molar-refractivity contribution in [2.45, 2.75) is 45.6 Å². The van der Waals surface area contributed by atoms with Gasteiger partial charge in [0.15, 0.2) is 0 Å². The highest BCUT2D eigenvalue weighted by Gasteiger charge is 2.18. The molecule has 0 saturated carbocycles. The van der Waals surface area contributed by atoms with Gasteiger partial charge < -0.3 is 10.2 Å². The molecular formula is C16H24N2O. The maximum Gasteiger partial charge on any atom is 0.253 e. The van der Waals surface area contributed by atoms with E-state index in [0.29, 0.717) is 6.04 Å². The molecule has 0 fully saturated rings. The van der Waals surface area contributed by atoms with Gasteiger partial charge in [0.1, 0.15) is 0 Å². The predicted molar refractivity (Wildman–Crippen MR) is 79.7 cm³/mol. The third kappa shape index (κ3) is 3.09. The van der Waals surface area contributed by atoms with E-state index in [-0.39, 0.29) is 5.91 Å². The second-order valence-electron chi connectivity index (χ2n) is 5.46. The van der Waals surface area contributed by atoms with Gasteiger partial charge in [-0.15, -0.1) is 0 Å². The molecule has 0 bridgehead atoms. The number of fused-ring (bicyclic) bond motifs is 1. The number of hydrogen-bond acceptors (Lipinski definition) is 2. The lowest BCUT2D eigenvalue weighted by molar-refractivity contribution is 0.0736. The average molecular weight is 260 g/mol. The quantitative estimate of drug-likeness (QED) is 0.901. The third-order valence-corrected chi connectivity index (χ3v) is 3.98. The van der Waals surface area contributed by atoms with Gasteiger partial charge in [-0.1, -0.05) is 13.3 Å². The van der Waals surface area contributed by atoms with Gasteiger partial charge >= 0.3 is 0 Å². The molecule has 1 heterocycles. The minimum absolute atomic E-state index is 0.134. The Morgan fingerprint density at radius 1 is 1.47 bits per heavy atom. The molecule has 2 rings (SSSR count). The van der Waals surface area contributed by atoms with Crippen molar-refractivity contribution in [1.82, 2.24) is 4.90 Å². The van der Waals surface area contributed by atoms with Crippen molar-refractivity contribution in [3.05, 3.63) is 29.3 Å². The lowest BCUT2D eigenvalue weighted by atomic mass is 10.00. The SMILES string of the molecule is CCCC(C)N(C)C(=O)c1ccc2c(c1)CCCN2. The average Bonchev–Trinajstić information content (AvgIpc) is 2.45. The van der Waals surface area contributed by atoms with Crippen LogP contribution in [0.15, 0.2) is 18.2 Å². The zero-order valence-electron chi connectivity index (χ0n) is 12.2. The van der Waals surface area contributed by atoms with Crippen LogP contribution in [0, 0.1) is 0 Å². The molecule has 1 atom stereocenters. The van der Waals surface area contributed by atoms with Gasteiger partial charge in [0.2, 0.25) is 0 Å². The summed E-state index contributed by atoms with van der Waals surface area (Å²) < 4.78 is 0. The molecule has 3 heteroatoms. The summed E-state index contributed by atoms with van der Waals surface area (Å²) in [5, 5.41) is 3.38. The van der Waals surface area contributed by atoms with E-state index in [1.807, 2.05) is 24.1 Å². The molecule has 104 valence electrons. The van der Waals surface area contributed by atoms with Crippen molar-refractivity contribution in [3.63, 3.8) is 0 Å². The van der Waals surface area contributed by atoms with Gasteiger partial charge in [-0.25, -0.2) is 0 Å². The van der Waals surface area contributed by atoms with Crippen LogP contribution in [-0.4, -0.2) is 30.4 Å². The number of rotatable bonds is 4. The monoisotopic (exact) mass is 260 g/mol. The Balaban J connectivity index is 2.15. The first kappa shape index (κ1) is 13.9. The molecule has 0 spiro atoms. The lowest BCUT2D eigenvalue weighted by Crippen LogP contribution is -2.35. The van der Waals surface area contributed by atoms with Crippen molar-refractivity contribution >= 4 is 11.6 Å². The minimum atomic E-state index is 0.134. The Bertz CT molecular complexity index is 456. The smallest absolute Gasteiger partial charge is 0.253 e. The van der Waals surface area contributed by atoms with Crippen LogP contribution < -0.4 is 5.32 Å². The number of nitrogens with one attached hydrogen (secondary N) is 1. The number of carbonyl (C=O) groups excluding carboxylic acids is 1. The first-order chi connectivity index (χ1) is 9.13. The molecule has 1 aliphatic rings. The number of benzene rings is 1. The maximum absolute atomic E-state index is 12.5. The molecule has 0 saturated heterocycles. The molecule has 0 aromatic heterocycles. The Hall–Kier alpha value is -1.51. The number of nitrogens with zero attached hydrogens (tertiary/aromatic N) is 1. The number of aryl methyl sites for hydroxylation is 1. The van der Waals surface area contributed by atoms with E-state index < -0.39 is 0 Å². The summed E-state index contributed by atoms with van der Waals surface area (Å²) in [5.41, 5.74) is 3.27. The highest BCUT2D eigenvalue weighted by molar-refractivity contribution is 5.95. The Morgan fingerprint density at radius 3 is 3.00 bits per heavy atom. The summed E-state index contributed by atoms with van der Waals surface area (Å²) in [7, 11) is 1.90. The standard InChI is InChI=1S/C16H24N2O/c1-4-6-12(2)18(3)16(19)14-8-9-15-13(11-14)7-5-10-17-15/h8-9,11-12,17H,4-7,10H2,1-3H3. The lowest BCUT2D eigenvalue weighted by Gasteiger charge is -2.25.